The number of fused-ring (bicyclic) bond motifs is 1. The van der Waals surface area contributed by atoms with Crippen LogP contribution in [0.5, 0.6) is 0 Å². The highest BCUT2D eigenvalue weighted by Gasteiger charge is 2.23. The topological polar surface area (TPSA) is 94.9 Å². The van der Waals surface area contributed by atoms with Gasteiger partial charge < -0.3 is 19.9 Å². The number of hydrogen-bond acceptors (Lipinski definition) is 5. The number of aromatic nitrogens is 1. The number of aromatic carboxylic acids is 1. The molecule has 0 aliphatic carbocycles. The first kappa shape index (κ1) is 29.7. The molecule has 2 heterocycles. The van der Waals surface area contributed by atoms with E-state index >= 15 is 4.39 Å². The molecule has 1 amide bonds. The summed E-state index contributed by atoms with van der Waals surface area (Å²) in [6.07, 6.45) is 1.19. The number of hydrogen-bond donors (Lipinski definition) is 2. The van der Waals surface area contributed by atoms with Crippen LogP contribution in [0.25, 0.3) is 16.6 Å². The molecule has 228 valence electrons. The van der Waals surface area contributed by atoms with Gasteiger partial charge >= 0.3 is 5.97 Å². The van der Waals surface area contributed by atoms with Gasteiger partial charge in [0.15, 0.2) is 0 Å². The summed E-state index contributed by atoms with van der Waals surface area (Å²) in [7, 11) is 0. The summed E-state index contributed by atoms with van der Waals surface area (Å²) in [6.45, 7) is 4.99. The maximum Gasteiger partial charge on any atom is 0.341 e. The first-order valence-electron chi connectivity index (χ1n) is 14.5. The number of pyridine rings is 1. The van der Waals surface area contributed by atoms with Crippen LogP contribution in [-0.2, 0) is 6.54 Å². The summed E-state index contributed by atoms with van der Waals surface area (Å²) in [5.74, 6) is -2.70. The van der Waals surface area contributed by atoms with E-state index in [9.17, 15) is 23.9 Å². The van der Waals surface area contributed by atoms with Crippen molar-refractivity contribution in [1.29, 1.82) is 0 Å². The minimum Gasteiger partial charge on any atom is -0.477 e. The number of rotatable bonds is 7. The highest BCUT2D eigenvalue weighted by Crippen LogP contribution is 2.28. The number of anilines is 2. The van der Waals surface area contributed by atoms with Crippen LogP contribution < -0.4 is 15.6 Å². The van der Waals surface area contributed by atoms with E-state index in [-0.39, 0.29) is 11.3 Å². The number of carboxylic acid groups (broad SMARTS) is 1. The SMILES string of the molecule is Cc1ccc(NC(=O)c2ccc(CN3CCN(c4cc5c(cc4F)c(=O)c(C(=O)O)cn5-c4ccc(F)cc4)CC3)cc2)cc1. The van der Waals surface area contributed by atoms with Crippen molar-refractivity contribution in [2.24, 2.45) is 0 Å². The zero-order valence-corrected chi connectivity index (χ0v) is 24.5. The normalized spacial score (nSPS) is 13.6. The molecule has 0 unspecified atom stereocenters. The van der Waals surface area contributed by atoms with Crippen LogP contribution >= 0.6 is 0 Å². The van der Waals surface area contributed by atoms with E-state index in [1.54, 1.807) is 18.2 Å². The van der Waals surface area contributed by atoms with E-state index in [0.717, 1.165) is 22.9 Å². The highest BCUT2D eigenvalue weighted by molar-refractivity contribution is 6.04. The number of carbonyl (C=O) groups is 2. The lowest BCUT2D eigenvalue weighted by Crippen LogP contribution is -2.46. The second-order valence-electron chi connectivity index (χ2n) is 11.1. The molecule has 0 spiro atoms. The number of amides is 1. The molecule has 8 nitrogen and oxygen atoms in total. The fraction of sp³-hybridized carbons (Fsp3) is 0.171. The van der Waals surface area contributed by atoms with Crippen molar-refractivity contribution < 1.29 is 23.5 Å². The molecule has 45 heavy (non-hydrogen) atoms. The van der Waals surface area contributed by atoms with Gasteiger partial charge in [-0.25, -0.2) is 13.6 Å². The number of carbonyl (C=O) groups excluding carboxylic acids is 1. The van der Waals surface area contributed by atoms with Crippen LogP contribution in [-0.4, -0.2) is 52.6 Å². The number of halogens is 2. The van der Waals surface area contributed by atoms with Crippen molar-refractivity contribution >= 4 is 34.2 Å². The fourth-order valence-electron chi connectivity index (χ4n) is 5.55. The summed E-state index contributed by atoms with van der Waals surface area (Å²) in [4.78, 5) is 41.5. The summed E-state index contributed by atoms with van der Waals surface area (Å²) >= 11 is 0. The van der Waals surface area contributed by atoms with Gasteiger partial charge in [-0.15, -0.1) is 0 Å². The van der Waals surface area contributed by atoms with Crippen LogP contribution in [0.4, 0.5) is 20.2 Å². The lowest BCUT2D eigenvalue weighted by molar-refractivity contribution is 0.0694. The molecule has 1 aliphatic rings. The summed E-state index contributed by atoms with van der Waals surface area (Å²) in [6, 6.07) is 23.1. The van der Waals surface area contributed by atoms with Gasteiger partial charge in [-0.1, -0.05) is 29.8 Å². The Morgan fingerprint density at radius 2 is 1.53 bits per heavy atom. The molecule has 6 rings (SSSR count). The highest BCUT2D eigenvalue weighted by atomic mass is 19.1. The molecular weight excluding hydrogens is 578 g/mol. The maximum atomic E-state index is 15.5. The van der Waals surface area contributed by atoms with Gasteiger partial charge in [-0.3, -0.25) is 14.5 Å². The lowest BCUT2D eigenvalue weighted by Gasteiger charge is -2.36. The van der Waals surface area contributed by atoms with Crippen LogP contribution in [0.3, 0.4) is 0 Å². The number of piperazine rings is 1. The first-order valence-corrected chi connectivity index (χ1v) is 14.5. The van der Waals surface area contributed by atoms with E-state index < -0.39 is 28.6 Å². The molecule has 10 heteroatoms. The lowest BCUT2D eigenvalue weighted by atomic mass is 10.1. The third kappa shape index (κ3) is 6.32. The zero-order valence-electron chi connectivity index (χ0n) is 24.5. The Hall–Kier alpha value is -5.35. The van der Waals surface area contributed by atoms with Gasteiger partial charge in [-0.2, -0.15) is 0 Å². The Kier molecular flexibility index (Phi) is 8.14. The number of nitrogens with zero attached hydrogens (tertiary/aromatic N) is 3. The number of carboxylic acids is 1. The first-order chi connectivity index (χ1) is 21.7. The van der Waals surface area contributed by atoms with E-state index in [0.29, 0.717) is 55.2 Å². The van der Waals surface area contributed by atoms with Gasteiger partial charge in [-0.05, 0) is 73.2 Å². The van der Waals surface area contributed by atoms with E-state index in [4.69, 9.17) is 0 Å². The molecule has 1 fully saturated rings. The minimum absolute atomic E-state index is 0.0740. The largest absolute Gasteiger partial charge is 0.477 e. The Morgan fingerprint density at radius 3 is 2.18 bits per heavy atom. The smallest absolute Gasteiger partial charge is 0.341 e. The molecule has 2 N–H and O–H groups in total. The predicted molar refractivity (Wildman–Crippen MR) is 169 cm³/mol. The molecule has 4 aromatic carbocycles. The summed E-state index contributed by atoms with van der Waals surface area (Å²) in [5.41, 5.74) is 3.22. The monoisotopic (exact) mass is 608 g/mol. The standard InChI is InChI=1S/C35H30F2N4O4/c1-22-2-10-26(11-3-22)38-34(43)24-6-4-23(5-7-24)20-39-14-16-40(17-15-39)32-19-31-28(18-30(32)37)33(42)29(35(44)45)21-41(31)27-12-8-25(36)9-13-27/h2-13,18-19,21H,14-17,20H2,1H3,(H,38,43)(H,44,45). The van der Waals surface area contributed by atoms with E-state index in [1.807, 2.05) is 48.2 Å². The molecule has 0 atom stereocenters. The minimum atomic E-state index is -1.43. The number of nitrogens with one attached hydrogen (secondary N) is 1. The Morgan fingerprint density at radius 1 is 0.867 bits per heavy atom. The van der Waals surface area contributed by atoms with Crippen molar-refractivity contribution in [2.45, 2.75) is 13.5 Å². The zero-order chi connectivity index (χ0) is 31.7. The van der Waals surface area contributed by atoms with Crippen LogP contribution in [0.1, 0.15) is 31.8 Å². The molecule has 5 aromatic rings. The van der Waals surface area contributed by atoms with Gasteiger partial charge in [0.2, 0.25) is 5.43 Å². The van der Waals surface area contributed by atoms with Gasteiger partial charge in [0, 0.05) is 61.2 Å². The van der Waals surface area contributed by atoms with Gasteiger partial charge in [0.1, 0.15) is 17.2 Å². The molecule has 0 bridgehead atoms. The number of benzene rings is 4. The molecular formula is C35H30F2N4O4. The van der Waals surface area contributed by atoms with Crippen molar-refractivity contribution in [3.63, 3.8) is 0 Å². The molecule has 0 saturated carbocycles. The fourth-order valence-corrected chi connectivity index (χ4v) is 5.55. The van der Waals surface area contributed by atoms with E-state index in [2.05, 4.69) is 10.2 Å². The third-order valence-corrected chi connectivity index (χ3v) is 8.05. The van der Waals surface area contributed by atoms with Crippen molar-refractivity contribution in [3.8, 4) is 5.69 Å². The predicted octanol–water partition coefficient (Wildman–Crippen LogP) is 5.85. The van der Waals surface area contributed by atoms with Gasteiger partial charge in [0.05, 0.1) is 11.2 Å². The van der Waals surface area contributed by atoms with Crippen LogP contribution in [0.2, 0.25) is 0 Å². The van der Waals surface area contributed by atoms with Crippen LogP contribution in [0, 0.1) is 18.6 Å². The number of aryl methyl sites for hydroxylation is 1. The Labute approximate surface area is 257 Å². The van der Waals surface area contributed by atoms with Crippen LogP contribution in [0.15, 0.2) is 95.9 Å². The van der Waals surface area contributed by atoms with Crippen molar-refractivity contribution in [1.82, 2.24) is 9.47 Å². The summed E-state index contributed by atoms with van der Waals surface area (Å²) in [5, 5.41) is 12.4. The summed E-state index contributed by atoms with van der Waals surface area (Å²) < 4.78 is 30.6. The Bertz CT molecular complexity index is 1950. The molecule has 0 radical (unpaired) electrons. The molecule has 1 aliphatic heterocycles. The average Bonchev–Trinajstić information content (AvgIpc) is 3.03. The second-order valence-corrected chi connectivity index (χ2v) is 11.1. The molecule has 1 saturated heterocycles. The van der Waals surface area contributed by atoms with Crippen molar-refractivity contribution in [2.75, 3.05) is 36.4 Å². The van der Waals surface area contributed by atoms with Crippen molar-refractivity contribution in [3.05, 3.63) is 135 Å². The molecule has 1 aromatic heterocycles. The maximum absolute atomic E-state index is 15.5. The third-order valence-electron chi connectivity index (χ3n) is 8.05. The Balaban J connectivity index is 1.17. The van der Waals surface area contributed by atoms with Gasteiger partial charge in [0.25, 0.3) is 5.91 Å². The average molecular weight is 609 g/mol. The van der Waals surface area contributed by atoms with E-state index in [1.165, 1.54) is 35.0 Å². The second kappa shape index (κ2) is 12.3. The quantitative estimate of drug-likeness (QED) is 0.241.